The number of amides is 1. The first-order valence-electron chi connectivity index (χ1n) is 8.34. The average Bonchev–Trinajstić information content (AvgIpc) is 2.68. The Balaban J connectivity index is 1.60. The van der Waals surface area contributed by atoms with Gasteiger partial charge >= 0.3 is 5.97 Å². The molecule has 0 spiro atoms. The molecule has 0 aliphatic rings. The van der Waals surface area contributed by atoms with Crippen molar-refractivity contribution in [1.29, 1.82) is 0 Å². The first-order chi connectivity index (χ1) is 13.0. The minimum atomic E-state index is -1.03. The van der Waals surface area contributed by atoms with E-state index in [0.717, 1.165) is 16.3 Å². The number of carbonyl (C=O) groups excluding carboxylic acids is 1. The fourth-order valence-corrected chi connectivity index (χ4v) is 2.45. The van der Waals surface area contributed by atoms with Crippen LogP contribution in [0.15, 0.2) is 71.8 Å². The Morgan fingerprint density at radius 2 is 1.74 bits per heavy atom. The van der Waals surface area contributed by atoms with Gasteiger partial charge in [0.05, 0.1) is 6.21 Å². The summed E-state index contributed by atoms with van der Waals surface area (Å²) in [5.41, 5.74) is 3.76. The molecule has 0 saturated carbocycles. The van der Waals surface area contributed by atoms with E-state index in [1.807, 2.05) is 36.4 Å². The zero-order valence-electron chi connectivity index (χ0n) is 14.6. The smallest absolute Gasteiger partial charge is 0.344 e. The number of benzene rings is 3. The average molecular weight is 362 g/mol. The minimum absolute atomic E-state index is 0.299. The largest absolute Gasteiger partial charge is 0.479 e. The van der Waals surface area contributed by atoms with E-state index in [4.69, 9.17) is 9.84 Å². The molecule has 0 aromatic heterocycles. The van der Waals surface area contributed by atoms with E-state index in [2.05, 4.69) is 10.5 Å². The first kappa shape index (κ1) is 18.1. The van der Waals surface area contributed by atoms with E-state index in [1.165, 1.54) is 13.1 Å². The molecular formula is C21H18N2O4. The van der Waals surface area contributed by atoms with Crippen molar-refractivity contribution < 1.29 is 19.4 Å². The van der Waals surface area contributed by atoms with Gasteiger partial charge < -0.3 is 9.84 Å². The third kappa shape index (κ3) is 4.70. The molecule has 136 valence electrons. The molecule has 3 aromatic carbocycles. The van der Waals surface area contributed by atoms with Crippen molar-refractivity contribution in [1.82, 2.24) is 5.43 Å². The first-order valence-corrected chi connectivity index (χ1v) is 8.34. The summed E-state index contributed by atoms with van der Waals surface area (Å²) in [7, 11) is 0. The quantitative estimate of drug-likeness (QED) is 0.519. The number of hydrazone groups is 1. The van der Waals surface area contributed by atoms with E-state index in [0.29, 0.717) is 11.3 Å². The molecule has 0 aliphatic heterocycles. The normalized spacial score (nSPS) is 12.0. The second-order valence-corrected chi connectivity index (χ2v) is 5.93. The standard InChI is InChI=1S/C21H18N2O4/c1-14(21(25)26)27-19-10-6-15(7-11-19)13-22-23-20(24)18-9-8-16-4-2-3-5-17(16)12-18/h2-14H,1H3,(H,23,24)(H,25,26). The number of hydrogen-bond acceptors (Lipinski definition) is 4. The Hall–Kier alpha value is -3.67. The van der Waals surface area contributed by atoms with Crippen LogP contribution in [0.4, 0.5) is 0 Å². The van der Waals surface area contributed by atoms with Gasteiger partial charge in [-0.2, -0.15) is 5.10 Å². The molecule has 6 heteroatoms. The Kier molecular flexibility index (Phi) is 5.47. The van der Waals surface area contributed by atoms with Gasteiger partial charge in [-0.1, -0.05) is 30.3 Å². The lowest BCUT2D eigenvalue weighted by atomic mass is 10.1. The molecule has 3 rings (SSSR count). The van der Waals surface area contributed by atoms with E-state index in [1.54, 1.807) is 30.3 Å². The van der Waals surface area contributed by atoms with Crippen molar-refractivity contribution in [2.45, 2.75) is 13.0 Å². The van der Waals surface area contributed by atoms with Gasteiger partial charge in [-0.3, -0.25) is 4.79 Å². The number of fused-ring (bicyclic) bond motifs is 1. The Morgan fingerprint density at radius 3 is 2.44 bits per heavy atom. The maximum Gasteiger partial charge on any atom is 0.344 e. The number of carboxylic acids is 1. The molecule has 0 aliphatic carbocycles. The van der Waals surface area contributed by atoms with Gasteiger partial charge in [0.2, 0.25) is 0 Å². The van der Waals surface area contributed by atoms with Crippen molar-refractivity contribution in [2.75, 3.05) is 0 Å². The second kappa shape index (κ2) is 8.14. The van der Waals surface area contributed by atoms with Gasteiger partial charge in [0.15, 0.2) is 6.10 Å². The number of aliphatic carboxylic acids is 1. The monoisotopic (exact) mass is 362 g/mol. The summed E-state index contributed by atoms with van der Waals surface area (Å²) in [6.07, 6.45) is 0.578. The number of rotatable bonds is 6. The zero-order valence-corrected chi connectivity index (χ0v) is 14.6. The highest BCUT2D eigenvalue weighted by molar-refractivity contribution is 5.98. The fraction of sp³-hybridized carbons (Fsp3) is 0.0952. The summed E-state index contributed by atoms with van der Waals surface area (Å²) in [6.45, 7) is 1.46. The molecular weight excluding hydrogens is 344 g/mol. The molecule has 0 saturated heterocycles. The van der Waals surface area contributed by atoms with Gasteiger partial charge in [0.1, 0.15) is 5.75 Å². The van der Waals surface area contributed by atoms with Crippen LogP contribution >= 0.6 is 0 Å². The lowest BCUT2D eigenvalue weighted by molar-refractivity contribution is -0.144. The highest BCUT2D eigenvalue weighted by Crippen LogP contribution is 2.16. The van der Waals surface area contributed by atoms with Crippen LogP contribution in [0.1, 0.15) is 22.8 Å². The maximum absolute atomic E-state index is 12.2. The van der Waals surface area contributed by atoms with E-state index < -0.39 is 12.1 Å². The fourth-order valence-electron chi connectivity index (χ4n) is 2.45. The van der Waals surface area contributed by atoms with Crippen molar-refractivity contribution in [2.24, 2.45) is 5.10 Å². The van der Waals surface area contributed by atoms with Crippen molar-refractivity contribution in [3.05, 3.63) is 77.9 Å². The molecule has 1 amide bonds. The molecule has 27 heavy (non-hydrogen) atoms. The lowest BCUT2D eigenvalue weighted by Crippen LogP contribution is -2.22. The van der Waals surface area contributed by atoms with Gasteiger partial charge in [0, 0.05) is 5.56 Å². The highest BCUT2D eigenvalue weighted by atomic mass is 16.5. The number of nitrogens with zero attached hydrogens (tertiary/aromatic N) is 1. The SMILES string of the molecule is CC(Oc1ccc(C=NNC(=O)c2ccc3ccccc3c2)cc1)C(=O)O. The highest BCUT2D eigenvalue weighted by Gasteiger charge is 2.11. The summed E-state index contributed by atoms with van der Waals surface area (Å²) in [5, 5.41) is 14.8. The number of carbonyl (C=O) groups is 2. The van der Waals surface area contributed by atoms with Crippen molar-refractivity contribution >= 4 is 28.9 Å². The predicted octanol–water partition coefficient (Wildman–Crippen LogP) is 3.46. The molecule has 0 bridgehead atoms. The van der Waals surface area contributed by atoms with Crippen LogP contribution in [0.3, 0.4) is 0 Å². The van der Waals surface area contributed by atoms with Gasteiger partial charge in [0.25, 0.3) is 5.91 Å². The Labute approximate surface area is 156 Å². The van der Waals surface area contributed by atoms with Crippen LogP contribution in [0.5, 0.6) is 5.75 Å². The van der Waals surface area contributed by atoms with Gasteiger partial charge in [-0.15, -0.1) is 0 Å². The molecule has 2 N–H and O–H groups in total. The zero-order chi connectivity index (χ0) is 19.2. The van der Waals surface area contributed by atoms with Gasteiger partial charge in [-0.25, -0.2) is 10.2 Å². The van der Waals surface area contributed by atoms with E-state index >= 15 is 0 Å². The van der Waals surface area contributed by atoms with Crippen molar-refractivity contribution in [3.63, 3.8) is 0 Å². The summed E-state index contributed by atoms with van der Waals surface area (Å²) in [4.78, 5) is 23.0. The molecule has 0 heterocycles. The van der Waals surface area contributed by atoms with Crippen molar-refractivity contribution in [3.8, 4) is 5.75 Å². The number of carboxylic acid groups (broad SMARTS) is 1. The van der Waals surface area contributed by atoms with Crippen LogP contribution in [0.2, 0.25) is 0 Å². The van der Waals surface area contributed by atoms with Crippen LogP contribution in [-0.4, -0.2) is 29.3 Å². The van der Waals surface area contributed by atoms with Crippen LogP contribution in [-0.2, 0) is 4.79 Å². The molecule has 0 fully saturated rings. The Morgan fingerprint density at radius 1 is 1.04 bits per heavy atom. The minimum Gasteiger partial charge on any atom is -0.479 e. The second-order valence-electron chi connectivity index (χ2n) is 5.93. The third-order valence-electron chi connectivity index (χ3n) is 3.93. The maximum atomic E-state index is 12.2. The Bertz CT molecular complexity index is 996. The number of nitrogens with one attached hydrogen (secondary N) is 1. The number of hydrogen-bond donors (Lipinski definition) is 2. The third-order valence-corrected chi connectivity index (χ3v) is 3.93. The molecule has 1 atom stereocenters. The summed E-state index contributed by atoms with van der Waals surface area (Å²) >= 11 is 0. The lowest BCUT2D eigenvalue weighted by Gasteiger charge is -2.09. The molecule has 0 radical (unpaired) electrons. The summed E-state index contributed by atoms with van der Waals surface area (Å²) in [5.74, 6) is -0.883. The van der Waals surface area contributed by atoms with Crippen LogP contribution < -0.4 is 10.2 Å². The topological polar surface area (TPSA) is 88.0 Å². The summed E-state index contributed by atoms with van der Waals surface area (Å²) < 4.78 is 5.25. The van der Waals surface area contributed by atoms with Crippen LogP contribution in [0, 0.1) is 0 Å². The van der Waals surface area contributed by atoms with Crippen LogP contribution in [0.25, 0.3) is 10.8 Å². The predicted molar refractivity (Wildman–Crippen MR) is 103 cm³/mol. The van der Waals surface area contributed by atoms with E-state index in [-0.39, 0.29) is 5.91 Å². The molecule has 1 unspecified atom stereocenters. The van der Waals surface area contributed by atoms with Gasteiger partial charge in [-0.05, 0) is 59.7 Å². The summed E-state index contributed by atoms with van der Waals surface area (Å²) in [6, 6.07) is 20.0. The van der Waals surface area contributed by atoms with E-state index in [9.17, 15) is 9.59 Å². The number of ether oxygens (including phenoxy) is 1. The molecule has 6 nitrogen and oxygen atoms in total. The molecule has 3 aromatic rings.